The van der Waals surface area contributed by atoms with Gasteiger partial charge in [0.15, 0.2) is 0 Å². The zero-order valence-electron chi connectivity index (χ0n) is 18.2. The number of hydrogen-bond donors (Lipinski definition) is 2. The SMILES string of the molecule is Br.C[N+]1(Cc2ccccc2)CCC(O)C1.O=C([O-])C(O)(c1ccccc1)C1CCCC1. The first-order valence-electron chi connectivity index (χ1n) is 10.9. The van der Waals surface area contributed by atoms with Crippen molar-refractivity contribution in [2.45, 2.75) is 50.4 Å². The molecule has 0 spiro atoms. The Morgan fingerprint density at radius 2 is 1.58 bits per heavy atom. The van der Waals surface area contributed by atoms with Crippen LogP contribution in [-0.4, -0.2) is 46.9 Å². The fourth-order valence-electron chi connectivity index (χ4n) is 4.88. The van der Waals surface area contributed by atoms with Gasteiger partial charge in [0, 0.05) is 12.0 Å². The van der Waals surface area contributed by atoms with Crippen LogP contribution in [0.1, 0.15) is 43.2 Å². The third-order valence-corrected chi connectivity index (χ3v) is 6.53. The number of likely N-dealkylation sites (N-methyl/N-ethyl adjacent to an activating group) is 1. The van der Waals surface area contributed by atoms with E-state index < -0.39 is 11.6 Å². The van der Waals surface area contributed by atoms with E-state index in [2.05, 4.69) is 31.3 Å². The predicted octanol–water partition coefficient (Wildman–Crippen LogP) is 2.79. The molecule has 2 fully saturated rings. The number of aliphatic carboxylic acids is 1. The molecule has 0 radical (unpaired) electrons. The van der Waals surface area contributed by atoms with E-state index in [0.717, 1.165) is 56.2 Å². The Labute approximate surface area is 195 Å². The molecule has 2 aliphatic rings. The van der Waals surface area contributed by atoms with Crippen molar-refractivity contribution < 1.29 is 24.6 Å². The van der Waals surface area contributed by atoms with Crippen molar-refractivity contribution in [3.05, 3.63) is 71.8 Å². The average Bonchev–Trinajstić information content (AvgIpc) is 3.39. The monoisotopic (exact) mass is 491 g/mol. The molecule has 3 unspecified atom stereocenters. The minimum atomic E-state index is -1.82. The highest BCUT2D eigenvalue weighted by Gasteiger charge is 2.41. The Hall–Kier alpha value is -1.73. The summed E-state index contributed by atoms with van der Waals surface area (Å²) in [6.07, 6.45) is 4.31. The summed E-state index contributed by atoms with van der Waals surface area (Å²) in [6.45, 7) is 3.03. The molecule has 1 saturated heterocycles. The van der Waals surface area contributed by atoms with Crippen LogP contribution >= 0.6 is 17.0 Å². The largest absolute Gasteiger partial charge is 0.547 e. The van der Waals surface area contributed by atoms with Crippen LogP contribution in [0.15, 0.2) is 60.7 Å². The first-order valence-corrected chi connectivity index (χ1v) is 10.9. The van der Waals surface area contributed by atoms with Crippen LogP contribution in [0.5, 0.6) is 0 Å². The Morgan fingerprint density at radius 1 is 1.03 bits per heavy atom. The number of carboxylic acid groups (broad SMARTS) is 1. The molecule has 1 heterocycles. The van der Waals surface area contributed by atoms with Crippen LogP contribution in [0.25, 0.3) is 0 Å². The van der Waals surface area contributed by atoms with Gasteiger partial charge >= 0.3 is 0 Å². The standard InChI is InChI=1S/C13H16O3.C12H18NO.BrH/c14-12(15)13(16,11-8-4-5-9-11)10-6-2-1-3-7-10;1-13(8-7-12(14)10-13)9-11-5-3-2-4-6-11;/h1-3,6-7,11,16H,4-5,8-9H2,(H,14,15);2-6,12,14H,7-10H2,1H3;1H/q;+1;/p-1. The van der Waals surface area contributed by atoms with Gasteiger partial charge in [0.1, 0.15) is 24.8 Å². The molecule has 0 aromatic heterocycles. The first kappa shape index (κ1) is 25.5. The number of aliphatic hydroxyl groups is 2. The first-order chi connectivity index (χ1) is 14.3. The molecular formula is C25H34BrNO4. The molecule has 1 aliphatic heterocycles. The molecule has 2 aromatic rings. The molecule has 2 aromatic carbocycles. The maximum Gasteiger partial charge on any atom is 0.132 e. The molecule has 0 bridgehead atoms. The van der Waals surface area contributed by atoms with Crippen molar-refractivity contribution in [2.75, 3.05) is 20.1 Å². The Balaban J connectivity index is 0.000000215. The second kappa shape index (κ2) is 11.2. The fraction of sp³-hybridized carbons (Fsp3) is 0.480. The molecular weight excluding hydrogens is 458 g/mol. The topological polar surface area (TPSA) is 80.6 Å². The second-order valence-corrected chi connectivity index (χ2v) is 9.01. The zero-order chi connectivity index (χ0) is 21.6. The van der Waals surface area contributed by atoms with Crippen LogP contribution in [0, 0.1) is 5.92 Å². The van der Waals surface area contributed by atoms with Crippen LogP contribution in [0.4, 0.5) is 0 Å². The minimum Gasteiger partial charge on any atom is -0.547 e. The number of rotatable bonds is 5. The molecule has 6 heteroatoms. The Bertz CT molecular complexity index is 813. The highest BCUT2D eigenvalue weighted by molar-refractivity contribution is 8.93. The highest BCUT2D eigenvalue weighted by Crippen LogP contribution is 2.40. The van der Waals surface area contributed by atoms with Crippen LogP contribution in [0.2, 0.25) is 0 Å². The van der Waals surface area contributed by atoms with Gasteiger partial charge in [-0.15, -0.1) is 17.0 Å². The summed E-state index contributed by atoms with van der Waals surface area (Å²) < 4.78 is 0.977. The van der Waals surface area contributed by atoms with E-state index in [1.54, 1.807) is 30.3 Å². The van der Waals surface area contributed by atoms with Crippen molar-refractivity contribution in [3.8, 4) is 0 Å². The second-order valence-electron chi connectivity index (χ2n) is 9.01. The molecule has 5 nitrogen and oxygen atoms in total. The lowest BCUT2D eigenvalue weighted by atomic mass is 9.80. The smallest absolute Gasteiger partial charge is 0.132 e. The number of nitrogens with zero attached hydrogens (tertiary/aromatic N) is 1. The molecule has 2 N–H and O–H groups in total. The number of hydrogen-bond acceptors (Lipinski definition) is 4. The summed E-state index contributed by atoms with van der Waals surface area (Å²) in [6, 6.07) is 19.1. The number of halogens is 1. The van der Waals surface area contributed by atoms with Crippen molar-refractivity contribution in [2.24, 2.45) is 5.92 Å². The number of carbonyl (C=O) groups excluding carboxylic acids is 1. The predicted molar refractivity (Wildman–Crippen MR) is 124 cm³/mol. The van der Waals surface area contributed by atoms with Gasteiger partial charge in [0.05, 0.1) is 19.6 Å². The van der Waals surface area contributed by atoms with Gasteiger partial charge in [0.25, 0.3) is 0 Å². The van der Waals surface area contributed by atoms with E-state index in [-0.39, 0.29) is 29.0 Å². The molecule has 1 saturated carbocycles. The van der Waals surface area contributed by atoms with Gasteiger partial charge in [-0.3, -0.25) is 0 Å². The maximum atomic E-state index is 11.2. The lowest BCUT2D eigenvalue weighted by Crippen LogP contribution is -2.50. The van der Waals surface area contributed by atoms with Crippen molar-refractivity contribution >= 4 is 23.0 Å². The van der Waals surface area contributed by atoms with E-state index in [1.807, 2.05) is 6.07 Å². The number of carbonyl (C=O) groups is 1. The minimum absolute atomic E-state index is 0. The molecule has 31 heavy (non-hydrogen) atoms. The lowest BCUT2D eigenvalue weighted by Gasteiger charge is -2.35. The van der Waals surface area contributed by atoms with Gasteiger partial charge in [0.2, 0.25) is 0 Å². The number of carboxylic acids is 1. The zero-order valence-corrected chi connectivity index (χ0v) is 19.9. The summed E-state index contributed by atoms with van der Waals surface area (Å²) in [5.74, 6) is -1.61. The Morgan fingerprint density at radius 3 is 2.06 bits per heavy atom. The third kappa shape index (κ3) is 6.39. The highest BCUT2D eigenvalue weighted by atomic mass is 79.9. The van der Waals surface area contributed by atoms with Gasteiger partial charge in [-0.1, -0.05) is 73.5 Å². The summed E-state index contributed by atoms with van der Waals surface area (Å²) >= 11 is 0. The third-order valence-electron chi connectivity index (χ3n) is 6.53. The van der Waals surface area contributed by atoms with Gasteiger partial charge < -0.3 is 24.6 Å². The van der Waals surface area contributed by atoms with Gasteiger partial charge in [-0.2, -0.15) is 0 Å². The van der Waals surface area contributed by atoms with Gasteiger partial charge in [-0.25, -0.2) is 0 Å². The molecule has 1 aliphatic carbocycles. The number of benzene rings is 2. The maximum absolute atomic E-state index is 11.2. The lowest BCUT2D eigenvalue weighted by molar-refractivity contribution is -0.912. The van der Waals surface area contributed by atoms with E-state index in [9.17, 15) is 20.1 Å². The van der Waals surface area contributed by atoms with Crippen molar-refractivity contribution in [1.29, 1.82) is 0 Å². The van der Waals surface area contributed by atoms with E-state index in [1.165, 1.54) is 5.56 Å². The fourth-order valence-corrected chi connectivity index (χ4v) is 4.88. The van der Waals surface area contributed by atoms with Crippen molar-refractivity contribution in [3.63, 3.8) is 0 Å². The van der Waals surface area contributed by atoms with E-state index >= 15 is 0 Å². The average molecular weight is 492 g/mol. The summed E-state index contributed by atoms with van der Waals surface area (Å²) in [5, 5.41) is 31.2. The number of quaternary nitrogens is 1. The summed E-state index contributed by atoms with van der Waals surface area (Å²) in [4.78, 5) is 11.2. The van der Waals surface area contributed by atoms with E-state index in [0.29, 0.717) is 5.56 Å². The van der Waals surface area contributed by atoms with E-state index in [4.69, 9.17) is 0 Å². The number of aliphatic hydroxyl groups excluding tert-OH is 1. The Kier molecular flexibility index (Phi) is 9.25. The molecule has 4 rings (SSSR count). The van der Waals surface area contributed by atoms with Gasteiger partial charge in [-0.05, 0) is 24.3 Å². The number of likely N-dealkylation sites (tertiary alicyclic amines) is 1. The van der Waals surface area contributed by atoms with Crippen LogP contribution in [-0.2, 0) is 16.9 Å². The van der Waals surface area contributed by atoms with Crippen LogP contribution in [0.3, 0.4) is 0 Å². The van der Waals surface area contributed by atoms with Crippen molar-refractivity contribution in [1.82, 2.24) is 0 Å². The normalized spacial score (nSPS) is 25.1. The molecule has 0 amide bonds. The quantitative estimate of drug-likeness (QED) is 0.630. The summed E-state index contributed by atoms with van der Waals surface area (Å²) in [7, 11) is 2.23. The summed E-state index contributed by atoms with van der Waals surface area (Å²) in [5.41, 5.74) is -0.0244. The van der Waals surface area contributed by atoms with Crippen LogP contribution < -0.4 is 5.11 Å². The molecule has 3 atom stereocenters. The molecule has 170 valence electrons.